The standard InChI is InChI=1S/C12H22O3/c1-8-5-4-6-9(7-8)10(13)12(2,3)11(14)15/h8-10,13H,4-7H2,1-3H3,(H,14,15). The lowest BCUT2D eigenvalue weighted by Gasteiger charge is -2.36. The van der Waals surface area contributed by atoms with Crippen LogP contribution in [0.5, 0.6) is 0 Å². The van der Waals surface area contributed by atoms with E-state index in [-0.39, 0.29) is 5.92 Å². The summed E-state index contributed by atoms with van der Waals surface area (Å²) < 4.78 is 0. The first-order chi connectivity index (χ1) is 6.85. The Labute approximate surface area is 91.5 Å². The zero-order valence-corrected chi connectivity index (χ0v) is 9.86. The average Bonchev–Trinajstić information content (AvgIpc) is 2.16. The molecule has 2 N–H and O–H groups in total. The van der Waals surface area contributed by atoms with Crippen molar-refractivity contribution >= 4 is 5.97 Å². The Bertz CT molecular complexity index is 235. The summed E-state index contributed by atoms with van der Waals surface area (Å²) in [6.07, 6.45) is 3.51. The van der Waals surface area contributed by atoms with Gasteiger partial charge in [0.1, 0.15) is 0 Å². The summed E-state index contributed by atoms with van der Waals surface area (Å²) in [6.45, 7) is 5.39. The van der Waals surface area contributed by atoms with Gasteiger partial charge in [-0.2, -0.15) is 0 Å². The number of carbonyl (C=O) groups is 1. The van der Waals surface area contributed by atoms with Crippen LogP contribution in [-0.4, -0.2) is 22.3 Å². The first kappa shape index (κ1) is 12.5. The molecule has 1 saturated carbocycles. The highest BCUT2D eigenvalue weighted by Gasteiger charge is 2.41. The molecule has 0 radical (unpaired) electrons. The van der Waals surface area contributed by atoms with Gasteiger partial charge in [-0.1, -0.05) is 19.8 Å². The second-order valence-electron chi connectivity index (χ2n) is 5.50. The van der Waals surface area contributed by atoms with Gasteiger partial charge in [0.25, 0.3) is 0 Å². The monoisotopic (exact) mass is 214 g/mol. The molecule has 0 heterocycles. The Balaban J connectivity index is 2.66. The van der Waals surface area contributed by atoms with Crippen LogP contribution in [0.25, 0.3) is 0 Å². The van der Waals surface area contributed by atoms with Crippen LogP contribution in [0.3, 0.4) is 0 Å². The Morgan fingerprint density at radius 2 is 2.00 bits per heavy atom. The van der Waals surface area contributed by atoms with E-state index in [1.54, 1.807) is 13.8 Å². The smallest absolute Gasteiger partial charge is 0.311 e. The Hall–Kier alpha value is -0.570. The van der Waals surface area contributed by atoms with Crippen LogP contribution < -0.4 is 0 Å². The van der Waals surface area contributed by atoms with Crippen molar-refractivity contribution in [2.24, 2.45) is 17.3 Å². The van der Waals surface area contributed by atoms with Crippen molar-refractivity contribution in [3.63, 3.8) is 0 Å². The number of aliphatic hydroxyl groups is 1. The molecular formula is C12H22O3. The van der Waals surface area contributed by atoms with E-state index >= 15 is 0 Å². The molecule has 0 bridgehead atoms. The van der Waals surface area contributed by atoms with Gasteiger partial charge in [-0.3, -0.25) is 4.79 Å². The molecule has 0 amide bonds. The molecule has 15 heavy (non-hydrogen) atoms. The minimum Gasteiger partial charge on any atom is -0.481 e. The number of rotatable bonds is 3. The fraction of sp³-hybridized carbons (Fsp3) is 0.917. The molecule has 0 spiro atoms. The highest BCUT2D eigenvalue weighted by molar-refractivity contribution is 5.74. The second kappa shape index (κ2) is 4.52. The van der Waals surface area contributed by atoms with Gasteiger partial charge in [0.05, 0.1) is 11.5 Å². The van der Waals surface area contributed by atoms with E-state index in [2.05, 4.69) is 6.92 Å². The van der Waals surface area contributed by atoms with E-state index in [1.807, 2.05) is 0 Å². The average molecular weight is 214 g/mol. The Morgan fingerprint density at radius 1 is 1.40 bits per heavy atom. The maximum atomic E-state index is 11.0. The van der Waals surface area contributed by atoms with Crippen molar-refractivity contribution < 1.29 is 15.0 Å². The van der Waals surface area contributed by atoms with E-state index in [4.69, 9.17) is 5.11 Å². The summed E-state index contributed by atoms with van der Waals surface area (Å²) in [5.41, 5.74) is -1.03. The minimum absolute atomic E-state index is 0.153. The molecule has 0 aromatic carbocycles. The maximum Gasteiger partial charge on any atom is 0.311 e. The highest BCUT2D eigenvalue weighted by Crippen LogP contribution is 2.37. The third-order valence-corrected chi connectivity index (χ3v) is 3.71. The van der Waals surface area contributed by atoms with Gasteiger partial charge in [-0.05, 0) is 38.5 Å². The van der Waals surface area contributed by atoms with Crippen LogP contribution in [0.1, 0.15) is 46.5 Å². The number of aliphatic carboxylic acids is 1. The number of aliphatic hydroxyl groups excluding tert-OH is 1. The maximum absolute atomic E-state index is 11.0. The first-order valence-corrected chi connectivity index (χ1v) is 5.77. The number of hydrogen-bond donors (Lipinski definition) is 2. The van der Waals surface area contributed by atoms with E-state index in [0.29, 0.717) is 5.92 Å². The lowest BCUT2D eigenvalue weighted by molar-refractivity contribution is -0.156. The molecule has 3 unspecified atom stereocenters. The first-order valence-electron chi connectivity index (χ1n) is 5.77. The summed E-state index contributed by atoms with van der Waals surface area (Å²) in [6, 6.07) is 0. The van der Waals surface area contributed by atoms with E-state index in [0.717, 1.165) is 19.3 Å². The number of hydrogen-bond acceptors (Lipinski definition) is 2. The topological polar surface area (TPSA) is 57.5 Å². The van der Waals surface area contributed by atoms with Gasteiger partial charge in [0.15, 0.2) is 0 Å². The highest BCUT2D eigenvalue weighted by atomic mass is 16.4. The summed E-state index contributed by atoms with van der Waals surface area (Å²) >= 11 is 0. The van der Waals surface area contributed by atoms with Gasteiger partial charge < -0.3 is 10.2 Å². The molecule has 0 saturated heterocycles. The van der Waals surface area contributed by atoms with Crippen LogP contribution in [0.2, 0.25) is 0 Å². The largest absolute Gasteiger partial charge is 0.481 e. The normalized spacial score (nSPS) is 29.9. The van der Waals surface area contributed by atoms with Crippen LogP contribution >= 0.6 is 0 Å². The third-order valence-electron chi connectivity index (χ3n) is 3.71. The molecule has 1 aliphatic carbocycles. The number of carboxylic acids is 1. The van der Waals surface area contributed by atoms with Crippen molar-refractivity contribution in [3.8, 4) is 0 Å². The van der Waals surface area contributed by atoms with Crippen LogP contribution in [0.15, 0.2) is 0 Å². The summed E-state index contributed by atoms with van der Waals surface area (Å²) in [5.74, 6) is -0.143. The second-order valence-corrected chi connectivity index (χ2v) is 5.50. The molecule has 3 nitrogen and oxygen atoms in total. The van der Waals surface area contributed by atoms with Gasteiger partial charge in [0, 0.05) is 0 Å². The van der Waals surface area contributed by atoms with Crippen molar-refractivity contribution in [3.05, 3.63) is 0 Å². The molecular weight excluding hydrogens is 192 g/mol. The molecule has 0 aliphatic heterocycles. The molecule has 1 aliphatic rings. The fourth-order valence-electron chi connectivity index (χ4n) is 2.48. The summed E-state index contributed by atoms with van der Waals surface area (Å²) in [4.78, 5) is 11.0. The molecule has 1 rings (SSSR count). The lowest BCUT2D eigenvalue weighted by Crippen LogP contribution is -2.43. The van der Waals surface area contributed by atoms with Crippen molar-refractivity contribution in [2.45, 2.75) is 52.6 Å². The van der Waals surface area contributed by atoms with E-state index in [1.165, 1.54) is 6.42 Å². The van der Waals surface area contributed by atoms with Crippen LogP contribution in [0, 0.1) is 17.3 Å². The lowest BCUT2D eigenvalue weighted by atomic mass is 9.71. The quantitative estimate of drug-likeness (QED) is 0.757. The number of carboxylic acid groups (broad SMARTS) is 1. The van der Waals surface area contributed by atoms with Crippen molar-refractivity contribution in [2.75, 3.05) is 0 Å². The van der Waals surface area contributed by atoms with E-state index in [9.17, 15) is 9.90 Å². The molecule has 0 aromatic heterocycles. The van der Waals surface area contributed by atoms with Crippen molar-refractivity contribution in [1.29, 1.82) is 0 Å². The third kappa shape index (κ3) is 2.71. The predicted octanol–water partition coefficient (Wildman–Crippen LogP) is 2.28. The van der Waals surface area contributed by atoms with Crippen LogP contribution in [-0.2, 0) is 4.79 Å². The molecule has 0 aromatic rings. The Kier molecular flexibility index (Phi) is 3.77. The molecule has 88 valence electrons. The fourth-order valence-corrected chi connectivity index (χ4v) is 2.48. The van der Waals surface area contributed by atoms with Gasteiger partial charge in [-0.15, -0.1) is 0 Å². The van der Waals surface area contributed by atoms with Gasteiger partial charge in [-0.25, -0.2) is 0 Å². The Morgan fingerprint density at radius 3 is 2.47 bits per heavy atom. The summed E-state index contributed by atoms with van der Waals surface area (Å²) in [5, 5.41) is 19.2. The molecule has 1 fully saturated rings. The van der Waals surface area contributed by atoms with E-state index < -0.39 is 17.5 Å². The minimum atomic E-state index is -1.03. The van der Waals surface area contributed by atoms with Crippen LogP contribution in [0.4, 0.5) is 0 Å². The molecule has 3 atom stereocenters. The van der Waals surface area contributed by atoms with Gasteiger partial charge >= 0.3 is 5.97 Å². The predicted molar refractivity (Wildman–Crippen MR) is 58.5 cm³/mol. The zero-order chi connectivity index (χ0) is 11.6. The van der Waals surface area contributed by atoms with Gasteiger partial charge in [0.2, 0.25) is 0 Å². The zero-order valence-electron chi connectivity index (χ0n) is 9.86. The van der Waals surface area contributed by atoms with Crippen molar-refractivity contribution in [1.82, 2.24) is 0 Å². The molecule has 3 heteroatoms. The SMILES string of the molecule is CC1CCCC(C(O)C(C)(C)C(=O)O)C1. The summed E-state index contributed by atoms with van der Waals surface area (Å²) in [7, 11) is 0.